The molecule has 0 bridgehead atoms. The van der Waals surface area contributed by atoms with Crippen molar-refractivity contribution in [3.63, 3.8) is 0 Å². The summed E-state index contributed by atoms with van der Waals surface area (Å²) in [6.45, 7) is 11.5. The van der Waals surface area contributed by atoms with Gasteiger partial charge in [-0.2, -0.15) is 0 Å². The zero-order chi connectivity index (χ0) is 37.3. The van der Waals surface area contributed by atoms with Gasteiger partial charge >= 0.3 is 17.9 Å². The summed E-state index contributed by atoms with van der Waals surface area (Å²) in [5, 5.41) is 10.3. The quantitative estimate of drug-likeness (QED) is 0.0369. The molecule has 8 heteroatoms. The van der Waals surface area contributed by atoms with Crippen LogP contribution in [0.3, 0.4) is 0 Å². The van der Waals surface area contributed by atoms with Crippen molar-refractivity contribution in [1.29, 1.82) is 0 Å². The topological polar surface area (TPSA) is 108 Å². The minimum absolute atomic E-state index is 0.139. The van der Waals surface area contributed by atoms with Crippen LogP contribution in [0.15, 0.2) is 110 Å². The van der Waals surface area contributed by atoms with E-state index in [1.54, 1.807) is 36.4 Å². The minimum atomic E-state index is -1.09. The van der Waals surface area contributed by atoms with Crippen LogP contribution in [0.1, 0.15) is 68.4 Å². The molecule has 0 fully saturated rings. The second kappa shape index (κ2) is 19.9. The summed E-state index contributed by atoms with van der Waals surface area (Å²) in [5.74, 6) is 11.3. The summed E-state index contributed by atoms with van der Waals surface area (Å²) < 4.78 is 20.4. The third kappa shape index (κ3) is 12.0. The summed E-state index contributed by atoms with van der Waals surface area (Å²) in [5.41, 5.74) is 8.76. The third-order valence-electron chi connectivity index (χ3n) is 7.67. The van der Waals surface area contributed by atoms with Crippen LogP contribution in [0.2, 0.25) is 0 Å². The fraction of sp³-hybridized carbons (Fsp3) is 0.205. The predicted octanol–water partition coefficient (Wildman–Crippen LogP) is 7.17. The number of benzene rings is 4. The van der Waals surface area contributed by atoms with Gasteiger partial charge in [0.25, 0.3) is 0 Å². The van der Waals surface area contributed by atoms with E-state index in [-0.39, 0.29) is 26.4 Å². The van der Waals surface area contributed by atoms with Crippen molar-refractivity contribution >= 4 is 17.9 Å². The van der Waals surface area contributed by atoms with Crippen molar-refractivity contribution in [2.45, 2.75) is 33.0 Å². The fourth-order valence-corrected chi connectivity index (χ4v) is 4.92. The van der Waals surface area contributed by atoms with Crippen LogP contribution >= 0.6 is 0 Å². The van der Waals surface area contributed by atoms with E-state index in [4.69, 9.17) is 18.9 Å². The van der Waals surface area contributed by atoms with Crippen molar-refractivity contribution in [2.75, 3.05) is 26.4 Å². The Bertz CT molecular complexity index is 2020. The van der Waals surface area contributed by atoms with E-state index in [9.17, 15) is 19.5 Å². The second-order valence-corrected chi connectivity index (χ2v) is 11.6. The molecular formula is C44H40O8. The summed E-state index contributed by atoms with van der Waals surface area (Å²) in [6, 6.07) is 26.4. The van der Waals surface area contributed by atoms with Crippen molar-refractivity contribution in [1.82, 2.24) is 0 Å². The Balaban J connectivity index is 1.30. The molecule has 0 heterocycles. The molecule has 1 atom stereocenters. The molecule has 0 radical (unpaired) electrons. The molecular weight excluding hydrogens is 656 g/mol. The Hall–Kier alpha value is -6.19. The molecule has 1 N–H and O–H groups in total. The predicted molar refractivity (Wildman–Crippen MR) is 199 cm³/mol. The number of hydrogen-bond acceptors (Lipinski definition) is 8. The van der Waals surface area contributed by atoms with E-state index in [1.807, 2.05) is 24.3 Å². The van der Waals surface area contributed by atoms with E-state index in [0.29, 0.717) is 24.0 Å². The molecule has 52 heavy (non-hydrogen) atoms. The Kier molecular flexibility index (Phi) is 14.7. The van der Waals surface area contributed by atoms with Gasteiger partial charge in [0.2, 0.25) is 0 Å². The van der Waals surface area contributed by atoms with Gasteiger partial charge in [0.05, 0.1) is 32.0 Å². The van der Waals surface area contributed by atoms with Gasteiger partial charge in [-0.1, -0.05) is 61.1 Å². The van der Waals surface area contributed by atoms with E-state index >= 15 is 0 Å². The number of aliphatic hydroxyl groups is 1. The molecule has 4 aromatic carbocycles. The van der Waals surface area contributed by atoms with Crippen molar-refractivity contribution < 1.29 is 38.4 Å². The van der Waals surface area contributed by atoms with Crippen LogP contribution in [-0.4, -0.2) is 49.4 Å². The standard InChI is InChI=1S/C44H40O8/c1-5-41(45)49-25-7-27-51-43(47)37-19-13-33(14-20-37)9-11-35-17-23-39(31(3)29-35)40-24-18-36(30-32(40)4)12-10-34-15-21-38(22-16-34)44(48)52-28-8-26-50-42(46)6-2/h5-6,13-24,29-30,43,47H,1-2,7-8,25-28H2,3-4H3. The van der Waals surface area contributed by atoms with Crippen LogP contribution in [0.25, 0.3) is 11.1 Å². The summed E-state index contributed by atoms with van der Waals surface area (Å²) in [4.78, 5) is 34.4. The van der Waals surface area contributed by atoms with E-state index in [0.717, 1.165) is 56.7 Å². The molecule has 4 rings (SSSR count). The molecule has 0 aliphatic carbocycles. The second-order valence-electron chi connectivity index (χ2n) is 11.6. The average molecular weight is 697 g/mol. The number of carbonyl (C=O) groups excluding carboxylic acids is 3. The highest BCUT2D eigenvalue weighted by molar-refractivity contribution is 5.89. The molecule has 264 valence electrons. The van der Waals surface area contributed by atoms with E-state index in [2.05, 4.69) is 75.0 Å². The van der Waals surface area contributed by atoms with Crippen LogP contribution in [-0.2, 0) is 28.5 Å². The van der Waals surface area contributed by atoms with Crippen LogP contribution < -0.4 is 0 Å². The largest absolute Gasteiger partial charge is 0.462 e. The lowest BCUT2D eigenvalue weighted by molar-refractivity contribution is -0.140. The number of hydrogen-bond donors (Lipinski definition) is 1. The smallest absolute Gasteiger partial charge is 0.338 e. The normalized spacial score (nSPS) is 10.8. The number of aryl methyl sites for hydroxylation is 2. The highest BCUT2D eigenvalue weighted by atomic mass is 16.6. The van der Waals surface area contributed by atoms with Crippen molar-refractivity contribution in [3.8, 4) is 34.8 Å². The highest BCUT2D eigenvalue weighted by Crippen LogP contribution is 2.28. The zero-order valence-electron chi connectivity index (χ0n) is 29.3. The summed E-state index contributed by atoms with van der Waals surface area (Å²) in [6.07, 6.45) is 1.96. The van der Waals surface area contributed by atoms with E-state index in [1.165, 1.54) is 0 Å². The van der Waals surface area contributed by atoms with Gasteiger partial charge in [0.1, 0.15) is 0 Å². The molecule has 0 aromatic heterocycles. The van der Waals surface area contributed by atoms with Gasteiger partial charge in [-0.25, -0.2) is 14.4 Å². The first-order valence-electron chi connectivity index (χ1n) is 16.7. The molecule has 0 aliphatic heterocycles. The lowest BCUT2D eigenvalue weighted by atomic mass is 9.94. The molecule has 0 amide bonds. The average Bonchev–Trinajstić information content (AvgIpc) is 3.16. The molecule has 0 spiro atoms. The van der Waals surface area contributed by atoms with E-state index < -0.39 is 24.2 Å². The number of carbonyl (C=O) groups is 3. The van der Waals surface area contributed by atoms with Crippen molar-refractivity contribution in [3.05, 3.63) is 155 Å². The van der Waals surface area contributed by atoms with Gasteiger partial charge < -0.3 is 24.1 Å². The third-order valence-corrected chi connectivity index (χ3v) is 7.67. The molecule has 0 saturated heterocycles. The Morgan fingerprint density at radius 1 is 0.615 bits per heavy atom. The molecule has 4 aromatic rings. The Morgan fingerprint density at radius 2 is 1.04 bits per heavy atom. The van der Waals surface area contributed by atoms with Gasteiger partial charge in [-0.05, 0) is 96.8 Å². The van der Waals surface area contributed by atoms with Gasteiger partial charge in [-0.15, -0.1) is 0 Å². The monoisotopic (exact) mass is 696 g/mol. The molecule has 0 saturated carbocycles. The van der Waals surface area contributed by atoms with Gasteiger partial charge in [0.15, 0.2) is 6.29 Å². The lowest BCUT2D eigenvalue weighted by Gasteiger charge is -2.12. The molecule has 0 aliphatic rings. The van der Waals surface area contributed by atoms with Crippen molar-refractivity contribution in [2.24, 2.45) is 0 Å². The summed E-state index contributed by atoms with van der Waals surface area (Å²) >= 11 is 0. The van der Waals surface area contributed by atoms with Crippen LogP contribution in [0.4, 0.5) is 0 Å². The first-order valence-corrected chi connectivity index (χ1v) is 16.7. The number of ether oxygens (including phenoxy) is 4. The van der Waals surface area contributed by atoms with Crippen LogP contribution in [0, 0.1) is 37.5 Å². The Labute approximate surface area is 304 Å². The molecule has 8 nitrogen and oxygen atoms in total. The number of esters is 3. The van der Waals surface area contributed by atoms with Gasteiger partial charge in [-0.3, -0.25) is 0 Å². The molecule has 1 unspecified atom stereocenters. The maximum atomic E-state index is 12.3. The number of aliphatic hydroxyl groups excluding tert-OH is 1. The van der Waals surface area contributed by atoms with Gasteiger partial charge in [0, 0.05) is 52.8 Å². The van der Waals surface area contributed by atoms with Crippen LogP contribution in [0.5, 0.6) is 0 Å². The lowest BCUT2D eigenvalue weighted by Crippen LogP contribution is -2.09. The first-order chi connectivity index (χ1) is 25.2. The minimum Gasteiger partial charge on any atom is -0.462 e. The fourth-order valence-electron chi connectivity index (χ4n) is 4.92. The highest BCUT2D eigenvalue weighted by Gasteiger charge is 2.10. The summed E-state index contributed by atoms with van der Waals surface area (Å²) in [7, 11) is 0. The first kappa shape index (κ1) is 38.6. The number of rotatable bonds is 14. The SMILES string of the molecule is C=CC(=O)OCCCOC(=O)c1ccc(C#Cc2ccc(-c3ccc(C#Cc4ccc(C(O)OCCCOC(=O)C=C)cc4)cc3C)c(C)c2)cc1. The maximum absolute atomic E-state index is 12.3. The maximum Gasteiger partial charge on any atom is 0.338 e. The zero-order valence-corrected chi connectivity index (χ0v) is 29.3. The Morgan fingerprint density at radius 3 is 1.52 bits per heavy atom.